The molecule has 2 aromatic rings. The van der Waals surface area contributed by atoms with Crippen LogP contribution in [0.25, 0.3) is 0 Å². The van der Waals surface area contributed by atoms with Crippen LogP contribution in [0.1, 0.15) is 24.9 Å². The summed E-state index contributed by atoms with van der Waals surface area (Å²) in [5.41, 5.74) is 7.41. The van der Waals surface area contributed by atoms with Gasteiger partial charge in [0.1, 0.15) is 17.5 Å². The molecule has 2 unspecified atom stereocenters. The van der Waals surface area contributed by atoms with Gasteiger partial charge in [-0.3, -0.25) is 4.79 Å². The average molecular weight is 395 g/mol. The molecule has 1 aliphatic rings. The molecule has 6 nitrogen and oxygen atoms in total. The summed E-state index contributed by atoms with van der Waals surface area (Å²) in [5.74, 6) is 0.150. The summed E-state index contributed by atoms with van der Waals surface area (Å²) in [7, 11) is 0. The molecule has 0 radical (unpaired) electrons. The van der Waals surface area contributed by atoms with Gasteiger partial charge in [0, 0.05) is 11.7 Å². The topological polar surface area (TPSA) is 71.6 Å². The van der Waals surface area contributed by atoms with Crippen molar-refractivity contribution in [3.63, 3.8) is 0 Å². The highest BCUT2D eigenvalue weighted by molar-refractivity contribution is 5.95. The number of benzene rings is 2. The molecule has 0 aliphatic carbocycles. The summed E-state index contributed by atoms with van der Waals surface area (Å²) >= 11 is 0. The van der Waals surface area contributed by atoms with Crippen LogP contribution in [0.4, 0.5) is 18.9 Å². The predicted octanol–water partition coefficient (Wildman–Crippen LogP) is 3.53. The summed E-state index contributed by atoms with van der Waals surface area (Å²) in [6.45, 7) is 2.50. The summed E-state index contributed by atoms with van der Waals surface area (Å²) in [4.78, 5) is 12.4. The number of carbonyl (C=O) groups is 1. The number of nitrogens with one attached hydrogen (secondary N) is 3. The van der Waals surface area contributed by atoms with Crippen molar-refractivity contribution in [3.8, 4) is 11.5 Å². The van der Waals surface area contributed by atoms with Gasteiger partial charge in [0.15, 0.2) is 0 Å². The Bertz CT molecular complexity index is 795. The Morgan fingerprint density at radius 1 is 1.07 bits per heavy atom. The van der Waals surface area contributed by atoms with Crippen LogP contribution in [0.15, 0.2) is 48.5 Å². The highest BCUT2D eigenvalue weighted by Gasteiger charge is 2.32. The van der Waals surface area contributed by atoms with Crippen LogP contribution in [0.2, 0.25) is 0 Å². The Kier molecular flexibility index (Phi) is 6.05. The Labute approximate surface area is 160 Å². The van der Waals surface area contributed by atoms with Crippen molar-refractivity contribution in [2.45, 2.75) is 31.8 Å². The fourth-order valence-electron chi connectivity index (χ4n) is 2.88. The van der Waals surface area contributed by atoms with Gasteiger partial charge >= 0.3 is 6.36 Å². The quantitative estimate of drug-likeness (QED) is 0.698. The van der Waals surface area contributed by atoms with E-state index in [1.165, 1.54) is 12.1 Å². The standard InChI is InChI=1S/C19H20F3N3O3/c1-2-27-14-7-3-12(4-8-14)16-11-17(25-24-16)18(26)23-13-5-9-15(10-6-13)28-19(20,21)22/h3-10,16-17,24-25H,2,11H2,1H3,(H,23,26). The number of halogens is 3. The molecule has 150 valence electrons. The average Bonchev–Trinajstić information content (AvgIpc) is 3.13. The Balaban J connectivity index is 1.54. The number of rotatable bonds is 6. The number of amides is 1. The molecule has 3 N–H and O–H groups in total. The van der Waals surface area contributed by atoms with Crippen molar-refractivity contribution < 1.29 is 27.4 Å². The normalized spacial score (nSPS) is 19.3. The summed E-state index contributed by atoms with van der Waals surface area (Å²) in [5, 5.41) is 2.67. The minimum absolute atomic E-state index is 0.0472. The highest BCUT2D eigenvalue weighted by Crippen LogP contribution is 2.26. The van der Waals surface area contributed by atoms with Crippen LogP contribution >= 0.6 is 0 Å². The van der Waals surface area contributed by atoms with Crippen LogP contribution in [0, 0.1) is 0 Å². The van der Waals surface area contributed by atoms with Gasteiger partial charge in [-0.1, -0.05) is 12.1 Å². The molecule has 3 rings (SSSR count). The number of hydrazine groups is 1. The zero-order valence-corrected chi connectivity index (χ0v) is 15.0. The van der Waals surface area contributed by atoms with Crippen LogP contribution in [-0.2, 0) is 4.79 Å². The van der Waals surface area contributed by atoms with Crippen molar-refractivity contribution in [2.24, 2.45) is 0 Å². The van der Waals surface area contributed by atoms with Gasteiger partial charge in [0.05, 0.1) is 6.61 Å². The van der Waals surface area contributed by atoms with Crippen LogP contribution < -0.4 is 25.6 Å². The van der Waals surface area contributed by atoms with Gasteiger partial charge < -0.3 is 14.8 Å². The van der Waals surface area contributed by atoms with E-state index in [-0.39, 0.29) is 17.7 Å². The Hall–Kier alpha value is -2.78. The van der Waals surface area contributed by atoms with E-state index in [0.717, 1.165) is 23.4 Å². The second kappa shape index (κ2) is 8.49. The van der Waals surface area contributed by atoms with E-state index >= 15 is 0 Å². The molecule has 1 heterocycles. The lowest BCUT2D eigenvalue weighted by atomic mass is 10.0. The van der Waals surface area contributed by atoms with Crippen LogP contribution in [0.3, 0.4) is 0 Å². The second-order valence-corrected chi connectivity index (χ2v) is 6.19. The van der Waals surface area contributed by atoms with E-state index in [4.69, 9.17) is 4.74 Å². The molecule has 28 heavy (non-hydrogen) atoms. The number of carbonyl (C=O) groups excluding carboxylic acids is 1. The number of alkyl halides is 3. The molecule has 0 aromatic heterocycles. The number of hydrogen-bond donors (Lipinski definition) is 3. The Morgan fingerprint density at radius 2 is 1.71 bits per heavy atom. The van der Waals surface area contributed by atoms with Crippen molar-refractivity contribution >= 4 is 11.6 Å². The molecule has 2 atom stereocenters. The van der Waals surface area contributed by atoms with E-state index < -0.39 is 12.4 Å². The van der Waals surface area contributed by atoms with E-state index in [9.17, 15) is 18.0 Å². The van der Waals surface area contributed by atoms with E-state index in [1.807, 2.05) is 31.2 Å². The lowest BCUT2D eigenvalue weighted by Gasteiger charge is -2.12. The summed E-state index contributed by atoms with van der Waals surface area (Å²) < 4.78 is 45.8. The smallest absolute Gasteiger partial charge is 0.494 e. The molecule has 2 aromatic carbocycles. The maximum Gasteiger partial charge on any atom is 0.573 e. The van der Waals surface area contributed by atoms with Crippen molar-refractivity contribution in [1.82, 2.24) is 10.9 Å². The molecular formula is C19H20F3N3O3. The molecule has 0 saturated carbocycles. The number of hydrogen-bond acceptors (Lipinski definition) is 5. The first kappa shape index (κ1) is 20.0. The largest absolute Gasteiger partial charge is 0.573 e. The molecule has 0 bridgehead atoms. The zero-order chi connectivity index (χ0) is 20.1. The summed E-state index contributed by atoms with van der Waals surface area (Å²) in [6.07, 6.45) is -4.23. The third-order valence-electron chi connectivity index (χ3n) is 4.17. The zero-order valence-electron chi connectivity index (χ0n) is 15.0. The fourth-order valence-corrected chi connectivity index (χ4v) is 2.88. The molecule has 9 heteroatoms. The van der Waals surface area contributed by atoms with Crippen LogP contribution in [0.5, 0.6) is 11.5 Å². The molecule has 0 spiro atoms. The molecule has 1 aliphatic heterocycles. The third kappa shape index (κ3) is 5.37. The van der Waals surface area contributed by atoms with Gasteiger partial charge in [-0.05, 0) is 55.3 Å². The second-order valence-electron chi connectivity index (χ2n) is 6.19. The minimum atomic E-state index is -4.75. The molecule has 1 amide bonds. The molecular weight excluding hydrogens is 375 g/mol. The first-order valence-electron chi connectivity index (χ1n) is 8.74. The Morgan fingerprint density at radius 3 is 2.32 bits per heavy atom. The maximum absolute atomic E-state index is 12.4. The minimum Gasteiger partial charge on any atom is -0.494 e. The van der Waals surface area contributed by atoms with Crippen LogP contribution in [-0.4, -0.2) is 24.9 Å². The fraction of sp³-hybridized carbons (Fsp3) is 0.316. The monoisotopic (exact) mass is 395 g/mol. The van der Waals surface area contributed by atoms with E-state index in [2.05, 4.69) is 20.9 Å². The lowest BCUT2D eigenvalue weighted by Crippen LogP contribution is -2.39. The van der Waals surface area contributed by atoms with Gasteiger partial charge in [0.25, 0.3) is 0 Å². The van der Waals surface area contributed by atoms with Gasteiger partial charge in [-0.15, -0.1) is 13.2 Å². The number of ether oxygens (including phenoxy) is 2. The van der Waals surface area contributed by atoms with E-state index in [1.54, 1.807) is 0 Å². The van der Waals surface area contributed by atoms with E-state index in [0.29, 0.717) is 18.7 Å². The van der Waals surface area contributed by atoms with Crippen molar-refractivity contribution in [3.05, 3.63) is 54.1 Å². The lowest BCUT2D eigenvalue weighted by molar-refractivity contribution is -0.274. The van der Waals surface area contributed by atoms with Gasteiger partial charge in [-0.2, -0.15) is 0 Å². The molecule has 1 saturated heterocycles. The highest BCUT2D eigenvalue weighted by atomic mass is 19.4. The predicted molar refractivity (Wildman–Crippen MR) is 96.8 cm³/mol. The SMILES string of the molecule is CCOc1ccc(C2CC(C(=O)Nc3ccc(OC(F)(F)F)cc3)NN2)cc1. The number of anilines is 1. The summed E-state index contributed by atoms with van der Waals surface area (Å²) in [6, 6.07) is 12.1. The van der Waals surface area contributed by atoms with Crippen molar-refractivity contribution in [2.75, 3.05) is 11.9 Å². The first-order valence-corrected chi connectivity index (χ1v) is 8.74. The molecule has 1 fully saturated rings. The third-order valence-corrected chi connectivity index (χ3v) is 4.17. The first-order chi connectivity index (χ1) is 13.3. The maximum atomic E-state index is 12.4. The van der Waals surface area contributed by atoms with Gasteiger partial charge in [0.2, 0.25) is 5.91 Å². The van der Waals surface area contributed by atoms with Gasteiger partial charge in [-0.25, -0.2) is 10.9 Å². The van der Waals surface area contributed by atoms with Crippen molar-refractivity contribution in [1.29, 1.82) is 0 Å².